The molecule has 3 aromatic heterocycles. The van der Waals surface area contributed by atoms with Crippen LogP contribution in [0.3, 0.4) is 0 Å². The van der Waals surface area contributed by atoms with E-state index in [-0.39, 0.29) is 5.91 Å². The summed E-state index contributed by atoms with van der Waals surface area (Å²) in [5, 5.41) is 13.2. The quantitative estimate of drug-likeness (QED) is 0.761. The van der Waals surface area contributed by atoms with Gasteiger partial charge in [0.25, 0.3) is 5.91 Å². The molecule has 3 rings (SSSR count). The zero-order chi connectivity index (χ0) is 12.5. The van der Waals surface area contributed by atoms with Gasteiger partial charge in [-0.1, -0.05) is 0 Å². The molecule has 90 valence electrons. The number of carbonyl (C=O) groups is 1. The number of carbonyl (C=O) groups excluding carboxylic acids is 1. The van der Waals surface area contributed by atoms with Crippen LogP contribution >= 0.6 is 15.9 Å². The van der Waals surface area contributed by atoms with Crippen molar-refractivity contribution in [3.05, 3.63) is 47.0 Å². The van der Waals surface area contributed by atoms with Crippen LogP contribution in [0, 0.1) is 0 Å². The van der Waals surface area contributed by atoms with E-state index in [1.807, 2.05) is 6.07 Å². The Morgan fingerprint density at radius 2 is 2.28 bits per heavy atom. The summed E-state index contributed by atoms with van der Waals surface area (Å²) < 4.78 is 2.54. The molecule has 0 aliphatic heterocycles. The summed E-state index contributed by atoms with van der Waals surface area (Å²) >= 11 is 3.38. The number of fused-ring (bicyclic) bond motifs is 1. The molecule has 0 aromatic carbocycles. The first-order valence-electron chi connectivity index (χ1n) is 5.17. The number of hydrogen-bond acceptors (Lipinski definition) is 3. The number of amides is 1. The third kappa shape index (κ3) is 1.88. The van der Waals surface area contributed by atoms with Crippen molar-refractivity contribution in [3.63, 3.8) is 0 Å². The molecule has 0 bridgehead atoms. The minimum Gasteiger partial charge on any atom is -0.319 e. The first kappa shape index (κ1) is 11.0. The maximum Gasteiger partial charge on any atom is 0.257 e. The number of nitrogens with zero attached hydrogens (tertiary/aromatic N) is 3. The molecule has 0 atom stereocenters. The Hall–Kier alpha value is -2.15. The lowest BCUT2D eigenvalue weighted by Crippen LogP contribution is -2.12. The first-order chi connectivity index (χ1) is 8.74. The van der Waals surface area contributed by atoms with Gasteiger partial charge in [-0.2, -0.15) is 10.2 Å². The second-order valence-corrected chi connectivity index (χ2v) is 4.54. The van der Waals surface area contributed by atoms with Gasteiger partial charge in [-0.3, -0.25) is 9.89 Å². The summed E-state index contributed by atoms with van der Waals surface area (Å²) in [7, 11) is 0. The van der Waals surface area contributed by atoms with Crippen LogP contribution in [0.25, 0.3) is 5.52 Å². The fourth-order valence-electron chi connectivity index (χ4n) is 1.61. The summed E-state index contributed by atoms with van der Waals surface area (Å²) in [5.41, 5.74) is 2.07. The number of hydrogen-bond donors (Lipinski definition) is 2. The van der Waals surface area contributed by atoms with Crippen molar-refractivity contribution < 1.29 is 4.79 Å². The Bertz CT molecular complexity index is 703. The second-order valence-electron chi connectivity index (χ2n) is 3.68. The molecule has 0 radical (unpaired) electrons. The smallest absolute Gasteiger partial charge is 0.257 e. The summed E-state index contributed by atoms with van der Waals surface area (Å²) in [5.74, 6) is -0.204. The predicted molar refractivity (Wildman–Crippen MR) is 69.4 cm³/mol. The number of halogens is 1. The highest BCUT2D eigenvalue weighted by molar-refractivity contribution is 9.10. The van der Waals surface area contributed by atoms with E-state index in [4.69, 9.17) is 0 Å². The molecule has 2 N–H and O–H groups in total. The van der Waals surface area contributed by atoms with Crippen LogP contribution in [0.1, 0.15) is 10.4 Å². The van der Waals surface area contributed by atoms with E-state index in [1.54, 1.807) is 35.4 Å². The van der Waals surface area contributed by atoms with E-state index >= 15 is 0 Å². The number of anilines is 1. The lowest BCUT2D eigenvalue weighted by Gasteiger charge is -2.02. The van der Waals surface area contributed by atoms with E-state index in [0.29, 0.717) is 11.3 Å². The molecule has 0 aliphatic rings. The molecule has 0 spiro atoms. The van der Waals surface area contributed by atoms with Crippen LogP contribution in [-0.2, 0) is 0 Å². The Morgan fingerprint density at radius 3 is 3.06 bits per heavy atom. The lowest BCUT2D eigenvalue weighted by molar-refractivity contribution is 0.102. The maximum absolute atomic E-state index is 12.0. The van der Waals surface area contributed by atoms with Gasteiger partial charge in [-0.25, -0.2) is 4.52 Å². The number of rotatable bonds is 2. The normalized spacial score (nSPS) is 10.7. The molecule has 3 aromatic rings. The highest BCUT2D eigenvalue weighted by Crippen LogP contribution is 2.18. The zero-order valence-electron chi connectivity index (χ0n) is 9.09. The van der Waals surface area contributed by atoms with Gasteiger partial charge in [0.1, 0.15) is 0 Å². The van der Waals surface area contributed by atoms with Gasteiger partial charge in [0, 0.05) is 12.4 Å². The Balaban J connectivity index is 1.92. The molecule has 1 amide bonds. The molecule has 6 nitrogen and oxygen atoms in total. The van der Waals surface area contributed by atoms with Crippen LogP contribution in [0.15, 0.2) is 41.4 Å². The van der Waals surface area contributed by atoms with Gasteiger partial charge < -0.3 is 5.32 Å². The van der Waals surface area contributed by atoms with Crippen molar-refractivity contribution in [3.8, 4) is 0 Å². The lowest BCUT2D eigenvalue weighted by atomic mass is 10.2. The van der Waals surface area contributed by atoms with Crippen molar-refractivity contribution >= 4 is 33.0 Å². The van der Waals surface area contributed by atoms with E-state index < -0.39 is 0 Å². The summed E-state index contributed by atoms with van der Waals surface area (Å²) in [6.45, 7) is 0. The molecule has 0 saturated carbocycles. The molecule has 0 saturated heterocycles. The largest absolute Gasteiger partial charge is 0.319 e. The summed E-state index contributed by atoms with van der Waals surface area (Å²) in [4.78, 5) is 12.0. The summed E-state index contributed by atoms with van der Waals surface area (Å²) in [6, 6.07) is 3.58. The topological polar surface area (TPSA) is 75.1 Å². The number of aromatic amines is 1. The van der Waals surface area contributed by atoms with Crippen molar-refractivity contribution in [1.82, 2.24) is 19.8 Å². The van der Waals surface area contributed by atoms with Gasteiger partial charge in [-0.05, 0) is 28.1 Å². The van der Waals surface area contributed by atoms with Gasteiger partial charge in [0.2, 0.25) is 0 Å². The molecule has 0 fully saturated rings. The van der Waals surface area contributed by atoms with E-state index in [1.165, 1.54) is 0 Å². The number of aromatic nitrogens is 4. The van der Waals surface area contributed by atoms with Crippen molar-refractivity contribution in [2.45, 2.75) is 0 Å². The zero-order valence-corrected chi connectivity index (χ0v) is 10.7. The highest BCUT2D eigenvalue weighted by atomic mass is 79.9. The summed E-state index contributed by atoms with van der Waals surface area (Å²) in [6.07, 6.45) is 6.52. The third-order valence-electron chi connectivity index (χ3n) is 2.49. The highest BCUT2D eigenvalue weighted by Gasteiger charge is 2.09. The van der Waals surface area contributed by atoms with Crippen LogP contribution in [0.4, 0.5) is 5.69 Å². The fraction of sp³-hybridized carbons (Fsp3) is 0. The van der Waals surface area contributed by atoms with E-state index in [2.05, 4.69) is 36.5 Å². The van der Waals surface area contributed by atoms with Crippen LogP contribution in [0.5, 0.6) is 0 Å². The SMILES string of the molecule is O=C(Nc1cn[nH]c1)c1ccc2c(Br)cnn2c1. The molecular weight excluding hydrogens is 298 g/mol. The minimum atomic E-state index is -0.204. The number of H-pyrrole nitrogens is 1. The Kier molecular flexibility index (Phi) is 2.60. The molecular formula is C11H8BrN5O. The maximum atomic E-state index is 12.0. The van der Waals surface area contributed by atoms with Crippen molar-refractivity contribution in [2.75, 3.05) is 5.32 Å². The monoisotopic (exact) mass is 305 g/mol. The van der Waals surface area contributed by atoms with E-state index in [9.17, 15) is 4.79 Å². The number of pyridine rings is 1. The molecule has 7 heteroatoms. The predicted octanol–water partition coefficient (Wildman–Crippen LogP) is 2.07. The van der Waals surface area contributed by atoms with Gasteiger partial charge in [0.05, 0.1) is 33.6 Å². The van der Waals surface area contributed by atoms with Crippen LogP contribution < -0.4 is 5.32 Å². The van der Waals surface area contributed by atoms with Gasteiger partial charge in [-0.15, -0.1) is 0 Å². The fourth-order valence-corrected chi connectivity index (χ4v) is 2.02. The van der Waals surface area contributed by atoms with Gasteiger partial charge >= 0.3 is 0 Å². The Labute approximate surface area is 110 Å². The number of nitrogens with one attached hydrogen (secondary N) is 2. The van der Waals surface area contributed by atoms with Crippen LogP contribution in [0.2, 0.25) is 0 Å². The first-order valence-corrected chi connectivity index (χ1v) is 5.96. The van der Waals surface area contributed by atoms with Gasteiger partial charge in [0.15, 0.2) is 0 Å². The van der Waals surface area contributed by atoms with E-state index in [0.717, 1.165) is 9.99 Å². The van der Waals surface area contributed by atoms with Crippen molar-refractivity contribution in [2.24, 2.45) is 0 Å². The average molecular weight is 306 g/mol. The third-order valence-corrected chi connectivity index (χ3v) is 3.10. The standard InChI is InChI=1S/C11H8BrN5O/c12-9-5-15-17-6-7(1-2-10(9)17)11(18)16-8-3-13-14-4-8/h1-6H,(H,13,14)(H,16,18). The minimum absolute atomic E-state index is 0.204. The van der Waals surface area contributed by atoms with Crippen molar-refractivity contribution in [1.29, 1.82) is 0 Å². The Morgan fingerprint density at radius 1 is 1.39 bits per heavy atom. The van der Waals surface area contributed by atoms with Crippen LogP contribution in [-0.4, -0.2) is 25.7 Å². The molecule has 3 heterocycles. The molecule has 0 aliphatic carbocycles. The molecule has 0 unspecified atom stereocenters. The second kappa shape index (κ2) is 4.26. The average Bonchev–Trinajstić information content (AvgIpc) is 2.99. The molecule has 18 heavy (non-hydrogen) atoms.